The van der Waals surface area contributed by atoms with Gasteiger partial charge in [-0.1, -0.05) is 6.92 Å². The monoisotopic (exact) mass is 282 g/mol. The molecule has 5 heteroatoms. The number of hydrogen-bond acceptors (Lipinski definition) is 3. The molecule has 0 aromatic carbocycles. The molecule has 2 N–H and O–H groups in total. The first-order valence-electron chi connectivity index (χ1n) is 7.79. The first kappa shape index (κ1) is 15.3. The Morgan fingerprint density at radius 2 is 2.25 bits per heavy atom. The maximum absolute atomic E-state index is 12.8. The third-order valence-corrected chi connectivity index (χ3v) is 4.94. The van der Waals surface area contributed by atoms with E-state index in [2.05, 4.69) is 12.2 Å². The van der Waals surface area contributed by atoms with Crippen LogP contribution in [-0.2, 0) is 9.59 Å². The van der Waals surface area contributed by atoms with Crippen LogP contribution in [0.25, 0.3) is 0 Å². The fraction of sp³-hybridized carbons (Fsp3) is 0.867. The number of hydrogen-bond donors (Lipinski definition) is 2. The summed E-state index contributed by atoms with van der Waals surface area (Å²) in [5, 5.41) is 12.1. The van der Waals surface area contributed by atoms with Crippen LogP contribution in [-0.4, -0.2) is 48.1 Å². The fourth-order valence-electron chi connectivity index (χ4n) is 3.52. The molecule has 2 aliphatic rings. The van der Waals surface area contributed by atoms with E-state index in [4.69, 9.17) is 5.11 Å². The lowest BCUT2D eigenvalue weighted by Gasteiger charge is -2.38. The molecule has 0 aromatic rings. The molecule has 2 rings (SSSR count). The van der Waals surface area contributed by atoms with Crippen molar-refractivity contribution < 1.29 is 14.7 Å². The summed E-state index contributed by atoms with van der Waals surface area (Å²) in [6.07, 6.45) is 4.78. The molecule has 0 radical (unpaired) electrons. The Labute approximate surface area is 120 Å². The van der Waals surface area contributed by atoms with Crippen molar-refractivity contribution in [3.8, 4) is 0 Å². The maximum atomic E-state index is 12.8. The van der Waals surface area contributed by atoms with Gasteiger partial charge < -0.3 is 15.3 Å². The third-order valence-electron chi connectivity index (χ3n) is 4.94. The summed E-state index contributed by atoms with van der Waals surface area (Å²) in [5.74, 6) is -0.0955. The number of amides is 1. The molecule has 0 spiro atoms. The minimum Gasteiger partial charge on any atom is -0.481 e. The average Bonchev–Trinajstić information content (AvgIpc) is 2.94. The van der Waals surface area contributed by atoms with Gasteiger partial charge in [0.2, 0.25) is 5.91 Å². The van der Waals surface area contributed by atoms with Crippen molar-refractivity contribution in [3.05, 3.63) is 0 Å². The molecule has 0 aromatic heterocycles. The molecule has 1 amide bonds. The number of carbonyl (C=O) groups is 2. The highest BCUT2D eigenvalue weighted by Gasteiger charge is 2.42. The van der Waals surface area contributed by atoms with Gasteiger partial charge in [-0.3, -0.25) is 9.59 Å². The van der Waals surface area contributed by atoms with Gasteiger partial charge >= 0.3 is 5.97 Å². The van der Waals surface area contributed by atoms with Crippen molar-refractivity contribution in [3.63, 3.8) is 0 Å². The normalized spacial score (nSPS) is 30.4. The van der Waals surface area contributed by atoms with Gasteiger partial charge in [-0.05, 0) is 44.6 Å². The third kappa shape index (κ3) is 3.32. The van der Waals surface area contributed by atoms with Crippen LogP contribution in [0.15, 0.2) is 0 Å². The first-order valence-corrected chi connectivity index (χ1v) is 7.79. The molecule has 0 aliphatic carbocycles. The molecular weight excluding hydrogens is 256 g/mol. The van der Waals surface area contributed by atoms with Crippen LogP contribution in [0.2, 0.25) is 0 Å². The number of likely N-dealkylation sites (tertiary alicyclic amines) is 1. The fourth-order valence-corrected chi connectivity index (χ4v) is 3.52. The van der Waals surface area contributed by atoms with Crippen molar-refractivity contribution in [2.24, 2.45) is 11.3 Å². The summed E-state index contributed by atoms with van der Waals surface area (Å²) in [7, 11) is 0. The van der Waals surface area contributed by atoms with Gasteiger partial charge in [0, 0.05) is 26.1 Å². The Kier molecular flexibility index (Phi) is 5.02. The minimum absolute atomic E-state index is 0.215. The molecule has 0 saturated carbocycles. The van der Waals surface area contributed by atoms with Gasteiger partial charge in [-0.15, -0.1) is 0 Å². The SMILES string of the molecule is CCC1(C(=O)N2CCC(CCC(=O)O)C2)CCCNC1. The molecule has 2 heterocycles. The molecule has 114 valence electrons. The largest absolute Gasteiger partial charge is 0.481 e. The van der Waals surface area contributed by atoms with Gasteiger partial charge in [0.15, 0.2) is 0 Å². The van der Waals surface area contributed by atoms with Crippen LogP contribution < -0.4 is 5.32 Å². The molecule has 2 aliphatic heterocycles. The highest BCUT2D eigenvalue weighted by atomic mass is 16.4. The molecule has 0 bridgehead atoms. The molecule has 20 heavy (non-hydrogen) atoms. The van der Waals surface area contributed by atoms with Gasteiger partial charge in [-0.2, -0.15) is 0 Å². The van der Waals surface area contributed by atoms with Crippen molar-refractivity contribution in [1.29, 1.82) is 0 Å². The van der Waals surface area contributed by atoms with Crippen LogP contribution in [0.4, 0.5) is 0 Å². The van der Waals surface area contributed by atoms with E-state index in [0.29, 0.717) is 12.3 Å². The van der Waals surface area contributed by atoms with E-state index in [1.807, 2.05) is 4.90 Å². The zero-order valence-electron chi connectivity index (χ0n) is 12.4. The molecule has 2 fully saturated rings. The zero-order chi connectivity index (χ0) is 14.6. The predicted octanol–water partition coefficient (Wildman–Crippen LogP) is 1.48. The van der Waals surface area contributed by atoms with E-state index in [1.165, 1.54) is 0 Å². The van der Waals surface area contributed by atoms with Crippen LogP contribution in [0, 0.1) is 11.3 Å². The quantitative estimate of drug-likeness (QED) is 0.801. The summed E-state index contributed by atoms with van der Waals surface area (Å²) < 4.78 is 0. The lowest BCUT2D eigenvalue weighted by atomic mass is 9.77. The molecule has 2 unspecified atom stereocenters. The van der Waals surface area contributed by atoms with E-state index in [1.54, 1.807) is 0 Å². The second-order valence-corrected chi connectivity index (χ2v) is 6.25. The van der Waals surface area contributed by atoms with Crippen LogP contribution >= 0.6 is 0 Å². The van der Waals surface area contributed by atoms with E-state index in [-0.39, 0.29) is 17.7 Å². The first-order chi connectivity index (χ1) is 9.57. The van der Waals surface area contributed by atoms with E-state index in [9.17, 15) is 9.59 Å². The Morgan fingerprint density at radius 3 is 2.85 bits per heavy atom. The zero-order valence-corrected chi connectivity index (χ0v) is 12.4. The minimum atomic E-state index is -0.740. The maximum Gasteiger partial charge on any atom is 0.303 e. The Bertz CT molecular complexity index is 364. The summed E-state index contributed by atoms with van der Waals surface area (Å²) in [6, 6.07) is 0. The Hall–Kier alpha value is -1.10. The number of aliphatic carboxylic acids is 1. The number of carbonyl (C=O) groups excluding carboxylic acids is 1. The number of nitrogens with one attached hydrogen (secondary N) is 1. The van der Waals surface area contributed by atoms with E-state index >= 15 is 0 Å². The van der Waals surface area contributed by atoms with Crippen molar-refractivity contribution >= 4 is 11.9 Å². The van der Waals surface area contributed by atoms with Gasteiger partial charge in [-0.25, -0.2) is 0 Å². The van der Waals surface area contributed by atoms with Crippen molar-refractivity contribution in [2.45, 2.75) is 45.4 Å². The van der Waals surface area contributed by atoms with Gasteiger partial charge in [0.25, 0.3) is 0 Å². The standard InChI is InChI=1S/C15H26N2O3/c1-2-15(7-3-8-16-11-15)14(20)17-9-6-12(10-17)4-5-13(18)19/h12,16H,2-11H2,1H3,(H,18,19). The highest BCUT2D eigenvalue weighted by Crippen LogP contribution is 2.34. The van der Waals surface area contributed by atoms with E-state index in [0.717, 1.165) is 51.9 Å². The molecule has 5 nitrogen and oxygen atoms in total. The topological polar surface area (TPSA) is 69.6 Å². The average molecular weight is 282 g/mol. The Morgan fingerprint density at radius 1 is 1.45 bits per heavy atom. The summed E-state index contributed by atoms with van der Waals surface area (Å²) in [6.45, 7) is 5.44. The lowest BCUT2D eigenvalue weighted by molar-refractivity contribution is -0.142. The second kappa shape index (κ2) is 6.57. The van der Waals surface area contributed by atoms with Crippen LogP contribution in [0.5, 0.6) is 0 Å². The number of carboxylic acids is 1. The van der Waals surface area contributed by atoms with Gasteiger partial charge in [0.1, 0.15) is 0 Å². The smallest absolute Gasteiger partial charge is 0.303 e. The second-order valence-electron chi connectivity index (χ2n) is 6.25. The summed E-state index contributed by atoms with van der Waals surface area (Å²) >= 11 is 0. The van der Waals surface area contributed by atoms with E-state index < -0.39 is 5.97 Å². The molecule has 2 saturated heterocycles. The van der Waals surface area contributed by atoms with Crippen molar-refractivity contribution in [2.75, 3.05) is 26.2 Å². The Balaban J connectivity index is 1.91. The summed E-state index contributed by atoms with van der Waals surface area (Å²) in [5.41, 5.74) is -0.222. The van der Waals surface area contributed by atoms with Crippen LogP contribution in [0.1, 0.15) is 45.4 Å². The van der Waals surface area contributed by atoms with Crippen molar-refractivity contribution in [1.82, 2.24) is 10.2 Å². The predicted molar refractivity (Wildman–Crippen MR) is 76.4 cm³/mol. The number of rotatable bonds is 5. The highest BCUT2D eigenvalue weighted by molar-refractivity contribution is 5.83. The lowest BCUT2D eigenvalue weighted by Crippen LogP contribution is -2.51. The summed E-state index contributed by atoms with van der Waals surface area (Å²) in [4.78, 5) is 25.4. The molecule has 2 atom stereocenters. The van der Waals surface area contributed by atoms with Crippen LogP contribution in [0.3, 0.4) is 0 Å². The number of carboxylic acid groups (broad SMARTS) is 1. The number of nitrogens with zero attached hydrogens (tertiary/aromatic N) is 1. The number of piperidine rings is 1. The molecular formula is C15H26N2O3. The van der Waals surface area contributed by atoms with Gasteiger partial charge in [0.05, 0.1) is 5.41 Å².